The Kier molecular flexibility index (Phi) is 5.06. The van der Waals surface area contributed by atoms with Crippen molar-refractivity contribution in [2.75, 3.05) is 6.54 Å². The van der Waals surface area contributed by atoms with Gasteiger partial charge in [-0.1, -0.05) is 12.1 Å². The number of aromatic nitrogens is 3. The standard InChI is InChI=1S/C20H18F2N4O4/c21-15(22)10-26-18(23-13-5-2-1-4-12(13)20(26)30)14-6-3-7-25(14)19(29)11-8-16(27)24-17(28)9-11/h1-2,4-5,8-9,14-15H,3,6-7,10H2,(H2,24,27,28). The number of nitrogens with one attached hydrogen (secondary N) is 1. The molecule has 0 bridgehead atoms. The molecular weight excluding hydrogens is 398 g/mol. The van der Waals surface area contributed by atoms with Gasteiger partial charge in [0, 0.05) is 18.7 Å². The first-order valence-electron chi connectivity index (χ1n) is 9.37. The van der Waals surface area contributed by atoms with Crippen molar-refractivity contribution in [3.63, 3.8) is 0 Å². The molecule has 0 radical (unpaired) electrons. The fourth-order valence-electron chi connectivity index (χ4n) is 3.85. The Balaban J connectivity index is 1.83. The Morgan fingerprint density at radius 2 is 2.03 bits per heavy atom. The first-order valence-corrected chi connectivity index (χ1v) is 9.37. The van der Waals surface area contributed by atoms with E-state index in [4.69, 9.17) is 0 Å². The first-order chi connectivity index (χ1) is 14.3. The molecule has 30 heavy (non-hydrogen) atoms. The van der Waals surface area contributed by atoms with Crippen LogP contribution in [0.3, 0.4) is 0 Å². The number of carbonyl (C=O) groups is 1. The number of amides is 1. The molecule has 8 nitrogen and oxygen atoms in total. The summed E-state index contributed by atoms with van der Waals surface area (Å²) in [4.78, 5) is 45.5. The number of rotatable bonds is 4. The molecule has 1 fully saturated rings. The van der Waals surface area contributed by atoms with Crippen LogP contribution in [0.25, 0.3) is 10.9 Å². The van der Waals surface area contributed by atoms with Gasteiger partial charge in [-0.05, 0) is 25.0 Å². The van der Waals surface area contributed by atoms with Crippen LogP contribution in [0, 0.1) is 0 Å². The molecule has 3 heterocycles. The fourth-order valence-corrected chi connectivity index (χ4v) is 3.85. The second-order valence-electron chi connectivity index (χ2n) is 7.07. The van der Waals surface area contributed by atoms with Crippen LogP contribution in [-0.2, 0) is 6.54 Å². The summed E-state index contributed by atoms with van der Waals surface area (Å²) in [6.07, 6.45) is -1.78. The summed E-state index contributed by atoms with van der Waals surface area (Å²) in [7, 11) is 0. The van der Waals surface area contributed by atoms with E-state index in [9.17, 15) is 28.3 Å². The van der Waals surface area contributed by atoms with Crippen molar-refractivity contribution in [3.05, 3.63) is 68.5 Å². The quantitative estimate of drug-likeness (QED) is 0.677. The molecule has 1 aromatic carbocycles. The normalized spacial score (nSPS) is 16.5. The van der Waals surface area contributed by atoms with Gasteiger partial charge in [0.1, 0.15) is 5.82 Å². The van der Waals surface area contributed by atoms with Crippen molar-refractivity contribution >= 4 is 16.8 Å². The SMILES string of the molecule is O=C(c1cc(O)[nH]c(=O)c1)N1CCCC1c1nc2ccccc2c(=O)n1CC(F)F. The minimum Gasteiger partial charge on any atom is -0.494 e. The van der Waals surface area contributed by atoms with E-state index in [0.717, 1.165) is 16.7 Å². The fraction of sp³-hybridized carbons (Fsp3) is 0.300. The number of halogens is 2. The smallest absolute Gasteiger partial charge is 0.261 e. The Hall–Kier alpha value is -3.56. The number of hydrogen-bond donors (Lipinski definition) is 2. The minimum absolute atomic E-state index is 0.0355. The summed E-state index contributed by atoms with van der Waals surface area (Å²) >= 11 is 0. The summed E-state index contributed by atoms with van der Waals surface area (Å²) in [6, 6.07) is 7.91. The summed E-state index contributed by atoms with van der Waals surface area (Å²) in [5.41, 5.74) is -0.917. The second-order valence-corrected chi connectivity index (χ2v) is 7.07. The molecule has 2 aromatic heterocycles. The van der Waals surface area contributed by atoms with Crippen molar-refractivity contribution in [2.45, 2.75) is 31.9 Å². The van der Waals surface area contributed by atoms with E-state index >= 15 is 0 Å². The van der Waals surface area contributed by atoms with Crippen molar-refractivity contribution in [2.24, 2.45) is 0 Å². The number of para-hydroxylation sites is 1. The lowest BCUT2D eigenvalue weighted by atomic mass is 10.1. The average Bonchev–Trinajstić information content (AvgIpc) is 3.18. The van der Waals surface area contributed by atoms with E-state index in [-0.39, 0.29) is 16.8 Å². The Morgan fingerprint density at radius 1 is 1.27 bits per heavy atom. The highest BCUT2D eigenvalue weighted by Crippen LogP contribution is 2.32. The largest absolute Gasteiger partial charge is 0.494 e. The number of alkyl halides is 2. The molecule has 0 aliphatic carbocycles. The summed E-state index contributed by atoms with van der Waals surface area (Å²) < 4.78 is 27.4. The molecule has 0 spiro atoms. The third-order valence-corrected chi connectivity index (χ3v) is 5.10. The van der Waals surface area contributed by atoms with Crippen molar-refractivity contribution < 1.29 is 18.7 Å². The van der Waals surface area contributed by atoms with Gasteiger partial charge in [-0.3, -0.25) is 23.9 Å². The number of aromatic amines is 1. The number of pyridine rings is 1. The highest BCUT2D eigenvalue weighted by molar-refractivity contribution is 5.94. The molecule has 0 saturated carbocycles. The van der Waals surface area contributed by atoms with E-state index < -0.39 is 41.9 Å². The van der Waals surface area contributed by atoms with E-state index in [1.807, 2.05) is 0 Å². The predicted molar refractivity (Wildman–Crippen MR) is 104 cm³/mol. The van der Waals surface area contributed by atoms with Crippen molar-refractivity contribution in [3.8, 4) is 5.88 Å². The lowest BCUT2D eigenvalue weighted by molar-refractivity contribution is 0.0720. The first kappa shape index (κ1) is 19.7. The van der Waals surface area contributed by atoms with Crippen LogP contribution in [0.2, 0.25) is 0 Å². The van der Waals surface area contributed by atoms with E-state index in [1.165, 1.54) is 11.0 Å². The molecule has 4 rings (SSSR count). The third-order valence-electron chi connectivity index (χ3n) is 5.10. The summed E-state index contributed by atoms with van der Waals surface area (Å²) in [6.45, 7) is -0.537. The van der Waals surface area contributed by atoms with Crippen LogP contribution >= 0.6 is 0 Å². The van der Waals surface area contributed by atoms with Gasteiger partial charge >= 0.3 is 0 Å². The van der Waals surface area contributed by atoms with Crippen LogP contribution in [0.5, 0.6) is 5.88 Å². The van der Waals surface area contributed by atoms with Gasteiger partial charge in [0.25, 0.3) is 23.5 Å². The van der Waals surface area contributed by atoms with Crippen LogP contribution < -0.4 is 11.1 Å². The number of benzene rings is 1. The number of fused-ring (bicyclic) bond motifs is 1. The monoisotopic (exact) mass is 416 g/mol. The van der Waals surface area contributed by atoms with Crippen molar-refractivity contribution in [1.29, 1.82) is 0 Å². The van der Waals surface area contributed by atoms with Gasteiger partial charge in [-0.25, -0.2) is 13.8 Å². The predicted octanol–water partition coefficient (Wildman–Crippen LogP) is 2.03. The zero-order chi connectivity index (χ0) is 21.4. The Bertz CT molecular complexity index is 1240. The molecule has 1 aliphatic rings. The zero-order valence-electron chi connectivity index (χ0n) is 15.7. The van der Waals surface area contributed by atoms with Crippen LogP contribution in [0.15, 0.2) is 46.0 Å². The molecule has 1 saturated heterocycles. The van der Waals surface area contributed by atoms with Gasteiger partial charge in [-0.2, -0.15) is 0 Å². The number of H-pyrrole nitrogens is 1. The maximum absolute atomic E-state index is 13.2. The lowest BCUT2D eigenvalue weighted by Crippen LogP contribution is -2.36. The molecule has 3 aromatic rings. The summed E-state index contributed by atoms with van der Waals surface area (Å²) in [5, 5.41) is 9.82. The number of hydrogen-bond acceptors (Lipinski definition) is 5. The van der Waals surface area contributed by atoms with Gasteiger partial charge in [0.05, 0.1) is 29.1 Å². The number of aromatic hydroxyl groups is 1. The van der Waals surface area contributed by atoms with Gasteiger partial charge in [0.15, 0.2) is 5.88 Å². The van der Waals surface area contributed by atoms with Crippen LogP contribution in [-0.4, -0.2) is 43.4 Å². The van der Waals surface area contributed by atoms with E-state index in [2.05, 4.69) is 9.97 Å². The van der Waals surface area contributed by atoms with Gasteiger partial charge in [0.2, 0.25) is 0 Å². The van der Waals surface area contributed by atoms with E-state index in [0.29, 0.717) is 24.9 Å². The molecule has 1 aliphatic heterocycles. The molecule has 2 N–H and O–H groups in total. The molecular formula is C20H18F2N4O4. The zero-order valence-corrected chi connectivity index (χ0v) is 15.7. The molecule has 10 heteroatoms. The van der Waals surface area contributed by atoms with Crippen molar-refractivity contribution in [1.82, 2.24) is 19.4 Å². The number of nitrogens with zero attached hydrogens (tertiary/aromatic N) is 3. The third kappa shape index (κ3) is 3.56. The summed E-state index contributed by atoms with van der Waals surface area (Å²) in [5.74, 6) is -0.927. The number of likely N-dealkylation sites (tertiary alicyclic amines) is 1. The second kappa shape index (κ2) is 7.69. The Labute approximate surface area is 168 Å². The molecule has 1 atom stereocenters. The van der Waals surface area contributed by atoms with Gasteiger partial charge in [-0.15, -0.1) is 0 Å². The minimum atomic E-state index is -2.78. The number of carbonyl (C=O) groups excluding carboxylic acids is 1. The van der Waals surface area contributed by atoms with Gasteiger partial charge < -0.3 is 10.0 Å². The van der Waals surface area contributed by atoms with Crippen LogP contribution in [0.1, 0.15) is 35.1 Å². The molecule has 1 unspecified atom stereocenters. The highest BCUT2D eigenvalue weighted by Gasteiger charge is 2.34. The Morgan fingerprint density at radius 3 is 2.77 bits per heavy atom. The molecule has 1 amide bonds. The van der Waals surface area contributed by atoms with Crippen LogP contribution in [0.4, 0.5) is 8.78 Å². The maximum Gasteiger partial charge on any atom is 0.261 e. The highest BCUT2D eigenvalue weighted by atomic mass is 19.3. The topological polar surface area (TPSA) is 108 Å². The van der Waals surface area contributed by atoms with E-state index in [1.54, 1.807) is 18.2 Å². The maximum atomic E-state index is 13.2. The molecule has 156 valence electrons. The average molecular weight is 416 g/mol. The lowest BCUT2D eigenvalue weighted by Gasteiger charge is -2.26.